The molecule has 2 nitrogen and oxygen atoms in total. The summed E-state index contributed by atoms with van der Waals surface area (Å²) in [5.74, 6) is 0.637. The Bertz CT molecular complexity index is 379. The average Bonchev–Trinajstić information content (AvgIpc) is 2.25. The molecule has 0 bridgehead atoms. The van der Waals surface area contributed by atoms with Crippen LogP contribution >= 0.6 is 28.1 Å². The molecule has 0 fully saturated rings. The van der Waals surface area contributed by atoms with Crippen LogP contribution in [0.5, 0.6) is 0 Å². The topological polar surface area (TPSA) is 38.0 Å². The van der Waals surface area contributed by atoms with E-state index in [0.29, 0.717) is 10.9 Å². The van der Waals surface area contributed by atoms with Crippen molar-refractivity contribution in [2.45, 2.75) is 20.3 Å². The van der Waals surface area contributed by atoms with Gasteiger partial charge in [-0.2, -0.15) is 0 Å². The molecular formula is C12H17BrN2S. The molecule has 4 heteroatoms. The molecule has 0 amide bonds. The molecule has 0 aliphatic rings. The molecule has 0 spiro atoms. The third-order valence-corrected chi connectivity index (χ3v) is 3.46. The monoisotopic (exact) mass is 300 g/mol. The Morgan fingerprint density at radius 2 is 2.25 bits per heavy atom. The fourth-order valence-electron chi connectivity index (χ4n) is 1.35. The van der Waals surface area contributed by atoms with Gasteiger partial charge in [-0.25, -0.2) is 0 Å². The van der Waals surface area contributed by atoms with Crippen LogP contribution in [0, 0.1) is 5.92 Å². The van der Waals surface area contributed by atoms with Crippen molar-refractivity contribution in [1.82, 2.24) is 0 Å². The number of halogens is 1. The van der Waals surface area contributed by atoms with Crippen LogP contribution in [0.4, 0.5) is 5.69 Å². The molecule has 0 aliphatic heterocycles. The lowest BCUT2D eigenvalue weighted by Gasteiger charge is -2.15. The van der Waals surface area contributed by atoms with Gasteiger partial charge in [0.05, 0.1) is 0 Å². The Morgan fingerprint density at radius 1 is 1.56 bits per heavy atom. The molecule has 88 valence electrons. The third-order valence-electron chi connectivity index (χ3n) is 2.60. The zero-order chi connectivity index (χ0) is 12.1. The standard InChI is InChI=1S/C12H17BrN2S/c1-3-8(2)7-15-10-6-4-5-9(13)11(10)12(14)16/h4-6,8,15H,3,7H2,1-2H3,(H2,14,16). The summed E-state index contributed by atoms with van der Waals surface area (Å²) in [6, 6.07) is 5.93. The number of hydrogen-bond acceptors (Lipinski definition) is 2. The van der Waals surface area contributed by atoms with Crippen LogP contribution in [-0.4, -0.2) is 11.5 Å². The van der Waals surface area contributed by atoms with Crippen molar-refractivity contribution in [3.8, 4) is 0 Å². The number of hydrogen-bond donors (Lipinski definition) is 2. The highest BCUT2D eigenvalue weighted by Gasteiger charge is 2.09. The highest BCUT2D eigenvalue weighted by molar-refractivity contribution is 9.10. The molecule has 0 radical (unpaired) electrons. The molecule has 3 N–H and O–H groups in total. The van der Waals surface area contributed by atoms with Crippen molar-refractivity contribution >= 4 is 38.8 Å². The maximum Gasteiger partial charge on any atom is 0.107 e. The van der Waals surface area contributed by atoms with Gasteiger partial charge < -0.3 is 11.1 Å². The summed E-state index contributed by atoms with van der Waals surface area (Å²) in [5.41, 5.74) is 7.61. The predicted octanol–water partition coefficient (Wildman–Crippen LogP) is 3.54. The molecule has 0 aromatic heterocycles. The normalized spacial score (nSPS) is 12.2. The fourth-order valence-corrected chi connectivity index (χ4v) is 2.28. The average molecular weight is 301 g/mol. The lowest BCUT2D eigenvalue weighted by atomic mass is 10.1. The van der Waals surface area contributed by atoms with Gasteiger partial charge in [0.25, 0.3) is 0 Å². The molecular weight excluding hydrogens is 284 g/mol. The largest absolute Gasteiger partial charge is 0.389 e. The Kier molecular flexibility index (Phi) is 5.22. The number of rotatable bonds is 5. The number of thiocarbonyl (C=S) groups is 1. The van der Waals surface area contributed by atoms with Crippen molar-refractivity contribution < 1.29 is 0 Å². The molecule has 1 aromatic rings. The van der Waals surface area contributed by atoms with Crippen LogP contribution in [0.3, 0.4) is 0 Å². The second-order valence-corrected chi connectivity index (χ2v) is 5.22. The highest BCUT2D eigenvalue weighted by atomic mass is 79.9. The number of nitrogens with one attached hydrogen (secondary N) is 1. The second-order valence-electron chi connectivity index (χ2n) is 3.92. The lowest BCUT2D eigenvalue weighted by molar-refractivity contribution is 0.593. The van der Waals surface area contributed by atoms with Gasteiger partial charge in [0, 0.05) is 22.3 Å². The van der Waals surface area contributed by atoms with E-state index in [2.05, 4.69) is 35.1 Å². The highest BCUT2D eigenvalue weighted by Crippen LogP contribution is 2.25. The van der Waals surface area contributed by atoms with E-state index in [-0.39, 0.29) is 0 Å². The minimum atomic E-state index is 0.416. The Morgan fingerprint density at radius 3 is 2.81 bits per heavy atom. The van der Waals surface area contributed by atoms with Crippen LogP contribution in [-0.2, 0) is 0 Å². The maximum absolute atomic E-state index is 5.72. The zero-order valence-electron chi connectivity index (χ0n) is 9.59. The van der Waals surface area contributed by atoms with Gasteiger partial charge in [-0.15, -0.1) is 0 Å². The first-order valence-corrected chi connectivity index (χ1v) is 6.58. The van der Waals surface area contributed by atoms with Gasteiger partial charge in [-0.05, 0) is 34.0 Å². The van der Waals surface area contributed by atoms with Crippen molar-refractivity contribution in [1.29, 1.82) is 0 Å². The molecule has 1 rings (SSSR count). The summed E-state index contributed by atoms with van der Waals surface area (Å²) in [4.78, 5) is 0.416. The van der Waals surface area contributed by atoms with Crippen molar-refractivity contribution in [3.63, 3.8) is 0 Å². The van der Waals surface area contributed by atoms with E-state index < -0.39 is 0 Å². The van der Waals surface area contributed by atoms with E-state index in [9.17, 15) is 0 Å². The summed E-state index contributed by atoms with van der Waals surface area (Å²) in [5, 5.41) is 3.39. The van der Waals surface area contributed by atoms with Gasteiger partial charge >= 0.3 is 0 Å². The third kappa shape index (κ3) is 3.46. The van der Waals surface area contributed by atoms with Gasteiger partial charge in [0.15, 0.2) is 0 Å². The Balaban J connectivity index is 2.87. The van der Waals surface area contributed by atoms with Gasteiger partial charge in [-0.1, -0.05) is 38.6 Å². The minimum Gasteiger partial charge on any atom is -0.389 e. The van der Waals surface area contributed by atoms with E-state index in [4.69, 9.17) is 18.0 Å². The fraction of sp³-hybridized carbons (Fsp3) is 0.417. The van der Waals surface area contributed by atoms with E-state index in [1.54, 1.807) is 0 Å². The first-order valence-electron chi connectivity index (χ1n) is 5.38. The van der Waals surface area contributed by atoms with Crippen molar-refractivity contribution in [2.75, 3.05) is 11.9 Å². The lowest BCUT2D eigenvalue weighted by Crippen LogP contribution is -2.17. The van der Waals surface area contributed by atoms with E-state index in [1.165, 1.54) is 0 Å². The number of nitrogens with two attached hydrogens (primary N) is 1. The smallest absolute Gasteiger partial charge is 0.107 e. The molecule has 16 heavy (non-hydrogen) atoms. The van der Waals surface area contributed by atoms with E-state index in [0.717, 1.165) is 28.7 Å². The molecule has 1 atom stereocenters. The van der Waals surface area contributed by atoms with Crippen molar-refractivity contribution in [3.05, 3.63) is 28.2 Å². The zero-order valence-corrected chi connectivity index (χ0v) is 12.0. The molecule has 0 aliphatic carbocycles. The first kappa shape index (κ1) is 13.5. The van der Waals surface area contributed by atoms with Crippen LogP contribution in [0.1, 0.15) is 25.8 Å². The van der Waals surface area contributed by atoms with Crippen LogP contribution in [0.2, 0.25) is 0 Å². The van der Waals surface area contributed by atoms with Gasteiger partial charge in [0.2, 0.25) is 0 Å². The summed E-state index contributed by atoms with van der Waals surface area (Å²) < 4.78 is 0.939. The SMILES string of the molecule is CCC(C)CNc1cccc(Br)c1C(N)=S. The van der Waals surface area contributed by atoms with Crippen LogP contribution in [0.25, 0.3) is 0 Å². The first-order chi connectivity index (χ1) is 7.56. The van der Waals surface area contributed by atoms with Gasteiger partial charge in [0.1, 0.15) is 4.99 Å². The molecule has 1 aromatic carbocycles. The van der Waals surface area contributed by atoms with E-state index in [1.807, 2.05) is 18.2 Å². The molecule has 0 heterocycles. The minimum absolute atomic E-state index is 0.416. The van der Waals surface area contributed by atoms with Crippen molar-refractivity contribution in [2.24, 2.45) is 11.7 Å². The van der Waals surface area contributed by atoms with Crippen LogP contribution in [0.15, 0.2) is 22.7 Å². The second kappa shape index (κ2) is 6.21. The summed E-state index contributed by atoms with van der Waals surface area (Å²) in [7, 11) is 0. The summed E-state index contributed by atoms with van der Waals surface area (Å²) in [6.45, 7) is 5.33. The molecule has 0 saturated heterocycles. The molecule has 1 unspecified atom stereocenters. The summed E-state index contributed by atoms with van der Waals surface area (Å²) >= 11 is 8.52. The quantitative estimate of drug-likeness (QED) is 0.817. The Hall–Kier alpha value is -0.610. The summed E-state index contributed by atoms with van der Waals surface area (Å²) in [6.07, 6.45) is 1.16. The number of benzene rings is 1. The van der Waals surface area contributed by atoms with Crippen LogP contribution < -0.4 is 11.1 Å². The van der Waals surface area contributed by atoms with E-state index >= 15 is 0 Å². The number of anilines is 1. The maximum atomic E-state index is 5.72. The Labute approximate surface area is 111 Å². The molecule has 0 saturated carbocycles. The predicted molar refractivity (Wildman–Crippen MR) is 78.0 cm³/mol. The van der Waals surface area contributed by atoms with Gasteiger partial charge in [-0.3, -0.25) is 0 Å².